The number of piperidine rings is 1. The molecule has 1 atom stereocenters. The van der Waals surface area contributed by atoms with Crippen LogP contribution >= 0.6 is 0 Å². The van der Waals surface area contributed by atoms with Crippen molar-refractivity contribution in [2.45, 2.75) is 25.9 Å². The number of hydrogen-bond donors (Lipinski definition) is 1. The molecular formula is C23H26F3N5O2. The van der Waals surface area contributed by atoms with Crippen LogP contribution in [0.25, 0.3) is 0 Å². The van der Waals surface area contributed by atoms with Crippen LogP contribution in [0.4, 0.5) is 18.9 Å². The van der Waals surface area contributed by atoms with Gasteiger partial charge in [-0.1, -0.05) is 0 Å². The van der Waals surface area contributed by atoms with Gasteiger partial charge in [-0.15, -0.1) is 0 Å². The zero-order chi connectivity index (χ0) is 24.0. The Kier molecular flexibility index (Phi) is 5.86. The molecule has 2 aliphatic heterocycles. The van der Waals surface area contributed by atoms with E-state index in [1.54, 1.807) is 35.8 Å². The molecule has 0 radical (unpaired) electrons. The molecule has 1 aromatic carbocycles. The van der Waals surface area contributed by atoms with Gasteiger partial charge in [0, 0.05) is 57.6 Å². The van der Waals surface area contributed by atoms with Crippen LogP contribution in [0.15, 0.2) is 24.4 Å². The van der Waals surface area contributed by atoms with Crippen molar-refractivity contribution in [3.63, 3.8) is 0 Å². The number of carbonyl (C=O) groups is 1. The zero-order valence-electron chi connectivity index (χ0n) is 18.6. The number of aryl methyl sites for hydroxylation is 2. The van der Waals surface area contributed by atoms with Crippen LogP contribution < -0.4 is 4.90 Å². The van der Waals surface area contributed by atoms with Crippen LogP contribution in [-0.4, -0.2) is 58.5 Å². The normalized spacial score (nSPS) is 20.3. The van der Waals surface area contributed by atoms with Gasteiger partial charge in [0.2, 0.25) is 0 Å². The van der Waals surface area contributed by atoms with Gasteiger partial charge in [-0.05, 0) is 43.4 Å². The van der Waals surface area contributed by atoms with Gasteiger partial charge in [-0.25, -0.2) is 0 Å². The molecule has 176 valence electrons. The molecule has 0 aliphatic carbocycles. The molecule has 1 amide bonds. The molecular weight excluding hydrogens is 435 g/mol. The third-order valence-electron chi connectivity index (χ3n) is 7.12. The summed E-state index contributed by atoms with van der Waals surface area (Å²) < 4.78 is 41.9. The summed E-state index contributed by atoms with van der Waals surface area (Å²) in [6, 6.07) is 5.37. The van der Waals surface area contributed by atoms with E-state index >= 15 is 0 Å². The number of rotatable bonds is 3. The van der Waals surface area contributed by atoms with Gasteiger partial charge < -0.3 is 14.9 Å². The number of anilines is 1. The number of aliphatic hydroxyl groups is 1. The maximum absolute atomic E-state index is 13.4. The summed E-state index contributed by atoms with van der Waals surface area (Å²) in [5.74, 6) is -0.187. The number of aromatic nitrogens is 2. The number of nitriles is 1. The quantitative estimate of drug-likeness (QED) is 0.760. The first-order valence-electron chi connectivity index (χ1n) is 10.8. The Morgan fingerprint density at radius 3 is 2.58 bits per heavy atom. The molecule has 2 aromatic rings. The lowest BCUT2D eigenvalue weighted by atomic mass is 9.71. The van der Waals surface area contributed by atoms with Crippen LogP contribution in [-0.2, 0) is 13.2 Å². The summed E-state index contributed by atoms with van der Waals surface area (Å²) in [6.07, 6.45) is -1.60. The molecule has 2 saturated heterocycles. The number of benzene rings is 1. The summed E-state index contributed by atoms with van der Waals surface area (Å²) in [5.41, 5.74) is -0.0162. The highest BCUT2D eigenvalue weighted by Gasteiger charge is 2.48. The lowest BCUT2D eigenvalue weighted by molar-refractivity contribution is -0.137. The number of aliphatic hydroxyl groups excluding tert-OH is 1. The minimum atomic E-state index is -4.62. The Bertz CT molecular complexity index is 1100. The minimum Gasteiger partial charge on any atom is -0.396 e. The predicted molar refractivity (Wildman–Crippen MR) is 114 cm³/mol. The fourth-order valence-corrected chi connectivity index (χ4v) is 5.24. The number of hydrogen-bond acceptors (Lipinski definition) is 5. The second-order valence-corrected chi connectivity index (χ2v) is 9.06. The highest BCUT2D eigenvalue weighted by Crippen LogP contribution is 2.46. The maximum atomic E-state index is 13.4. The van der Waals surface area contributed by atoms with Crippen LogP contribution in [0.2, 0.25) is 0 Å². The average molecular weight is 461 g/mol. The summed E-state index contributed by atoms with van der Waals surface area (Å²) in [4.78, 5) is 16.6. The third-order valence-corrected chi connectivity index (χ3v) is 7.12. The second-order valence-electron chi connectivity index (χ2n) is 9.06. The van der Waals surface area contributed by atoms with E-state index in [1.807, 2.05) is 4.90 Å². The Balaban J connectivity index is 1.52. The van der Waals surface area contributed by atoms with Crippen molar-refractivity contribution >= 4 is 11.6 Å². The van der Waals surface area contributed by atoms with Crippen LogP contribution in [0.3, 0.4) is 0 Å². The number of amides is 1. The maximum Gasteiger partial charge on any atom is 0.417 e. The molecule has 1 aromatic heterocycles. The van der Waals surface area contributed by atoms with E-state index in [0.29, 0.717) is 56.0 Å². The molecule has 2 fully saturated rings. The van der Waals surface area contributed by atoms with E-state index in [9.17, 15) is 23.1 Å². The molecule has 33 heavy (non-hydrogen) atoms. The molecule has 0 bridgehead atoms. The van der Waals surface area contributed by atoms with Crippen molar-refractivity contribution < 1.29 is 23.1 Å². The molecule has 3 heterocycles. The van der Waals surface area contributed by atoms with Gasteiger partial charge in [0.15, 0.2) is 0 Å². The molecule has 0 saturated carbocycles. The van der Waals surface area contributed by atoms with E-state index in [2.05, 4.69) is 5.10 Å². The number of nitrogens with zero attached hydrogens (tertiary/aromatic N) is 5. The summed E-state index contributed by atoms with van der Waals surface area (Å²) in [5, 5.41) is 23.4. The van der Waals surface area contributed by atoms with Crippen LogP contribution in [0.5, 0.6) is 0 Å². The molecule has 10 heteroatoms. The first-order chi connectivity index (χ1) is 15.6. The Morgan fingerprint density at radius 2 is 2.03 bits per heavy atom. The molecule has 2 aliphatic rings. The zero-order valence-corrected chi connectivity index (χ0v) is 18.6. The van der Waals surface area contributed by atoms with E-state index in [4.69, 9.17) is 5.26 Å². The van der Waals surface area contributed by atoms with E-state index in [1.165, 1.54) is 12.1 Å². The van der Waals surface area contributed by atoms with E-state index in [0.717, 1.165) is 6.07 Å². The van der Waals surface area contributed by atoms with Gasteiger partial charge >= 0.3 is 6.18 Å². The van der Waals surface area contributed by atoms with Gasteiger partial charge in [0.05, 0.1) is 28.5 Å². The van der Waals surface area contributed by atoms with Crippen molar-refractivity contribution in [1.29, 1.82) is 5.26 Å². The van der Waals surface area contributed by atoms with Crippen molar-refractivity contribution in [2.75, 3.05) is 37.7 Å². The highest BCUT2D eigenvalue weighted by molar-refractivity contribution is 5.95. The Labute approximate surface area is 190 Å². The molecule has 7 nitrogen and oxygen atoms in total. The third kappa shape index (κ3) is 4.17. The Hall–Kier alpha value is -3.06. The topological polar surface area (TPSA) is 85.4 Å². The molecule has 4 rings (SSSR count). The molecule has 1 N–H and O–H groups in total. The smallest absolute Gasteiger partial charge is 0.396 e. The standard InChI is InChI=1S/C23H26F3N5O2/c1-15-19(12-29(2)28-15)21(33)30-7-5-22(6-8-30)14-31(11-17(22)13-32)18-4-3-16(10-27)20(9-18)23(24,25)26/h3-4,9,12,17,32H,5-8,11,13-14H2,1-2H3. The number of likely N-dealkylation sites (tertiary alicyclic amines) is 1. The molecule has 1 spiro atoms. The SMILES string of the molecule is Cc1nn(C)cc1C(=O)N1CCC2(CC1)CN(c1ccc(C#N)c(C(F)(F)F)c1)CC2CO. The first-order valence-corrected chi connectivity index (χ1v) is 10.8. The minimum absolute atomic E-state index is 0.0748. The van der Waals surface area contributed by atoms with Gasteiger partial charge in [0.25, 0.3) is 5.91 Å². The van der Waals surface area contributed by atoms with E-state index in [-0.39, 0.29) is 23.8 Å². The van der Waals surface area contributed by atoms with Crippen molar-refractivity contribution in [3.05, 3.63) is 46.8 Å². The van der Waals surface area contributed by atoms with Crippen molar-refractivity contribution in [1.82, 2.24) is 14.7 Å². The summed E-state index contributed by atoms with van der Waals surface area (Å²) in [6.45, 7) is 3.67. The number of alkyl halides is 3. The number of carbonyl (C=O) groups excluding carboxylic acids is 1. The molecule has 1 unspecified atom stereocenters. The first kappa shape index (κ1) is 23.1. The van der Waals surface area contributed by atoms with Crippen molar-refractivity contribution in [3.8, 4) is 6.07 Å². The van der Waals surface area contributed by atoms with Crippen LogP contribution in [0, 0.1) is 29.6 Å². The summed E-state index contributed by atoms with van der Waals surface area (Å²) in [7, 11) is 1.77. The van der Waals surface area contributed by atoms with Crippen LogP contribution in [0.1, 0.15) is 40.0 Å². The lowest BCUT2D eigenvalue weighted by Crippen LogP contribution is -2.47. The van der Waals surface area contributed by atoms with Gasteiger partial charge in [0.1, 0.15) is 0 Å². The second kappa shape index (κ2) is 8.37. The van der Waals surface area contributed by atoms with Gasteiger partial charge in [-0.3, -0.25) is 9.48 Å². The Morgan fingerprint density at radius 1 is 1.33 bits per heavy atom. The number of halogens is 3. The lowest BCUT2D eigenvalue weighted by Gasteiger charge is -2.42. The fourth-order valence-electron chi connectivity index (χ4n) is 5.24. The average Bonchev–Trinajstić information content (AvgIpc) is 3.31. The van der Waals surface area contributed by atoms with Gasteiger partial charge in [-0.2, -0.15) is 23.5 Å². The fraction of sp³-hybridized carbons (Fsp3) is 0.522. The monoisotopic (exact) mass is 461 g/mol. The predicted octanol–water partition coefficient (Wildman–Crippen LogP) is 2.97. The summed E-state index contributed by atoms with van der Waals surface area (Å²) >= 11 is 0. The van der Waals surface area contributed by atoms with E-state index < -0.39 is 17.3 Å². The largest absolute Gasteiger partial charge is 0.417 e. The highest BCUT2D eigenvalue weighted by atomic mass is 19.4. The van der Waals surface area contributed by atoms with Crippen molar-refractivity contribution in [2.24, 2.45) is 18.4 Å².